The number of carboxylic acids is 1. The van der Waals surface area contributed by atoms with E-state index in [9.17, 15) is 4.79 Å². The molecule has 0 saturated carbocycles. The zero-order valence-electron chi connectivity index (χ0n) is 13.0. The van der Waals surface area contributed by atoms with Gasteiger partial charge in [0.05, 0.1) is 12.8 Å². The number of benzene rings is 2. The summed E-state index contributed by atoms with van der Waals surface area (Å²) in [4.78, 5) is 11.0. The van der Waals surface area contributed by atoms with Crippen LogP contribution in [-0.2, 0) is 10.3 Å². The molecule has 0 aliphatic heterocycles. The number of terminal acetylenes is 1. The normalized spacial score (nSPS) is 12.7. The third kappa shape index (κ3) is 3.83. The van der Waals surface area contributed by atoms with E-state index in [1.165, 1.54) is 0 Å². The molecule has 23 heavy (non-hydrogen) atoms. The Morgan fingerprint density at radius 2 is 1.87 bits per heavy atom. The molecule has 2 aromatic rings. The lowest BCUT2D eigenvalue weighted by Gasteiger charge is -2.31. The van der Waals surface area contributed by atoms with Crippen molar-refractivity contribution in [2.75, 3.05) is 12.4 Å². The summed E-state index contributed by atoms with van der Waals surface area (Å²) < 4.78 is 5.35. The predicted octanol–water partition coefficient (Wildman–Crippen LogP) is 3.50. The van der Waals surface area contributed by atoms with Crippen LogP contribution in [0, 0.1) is 12.3 Å². The fraction of sp³-hybridized carbons (Fsp3) is 0.211. The van der Waals surface area contributed by atoms with E-state index in [0.29, 0.717) is 5.75 Å². The summed E-state index contributed by atoms with van der Waals surface area (Å²) >= 11 is 0. The number of carboxylic acid groups (broad SMARTS) is 1. The molecule has 4 nitrogen and oxygen atoms in total. The number of methoxy groups -OCH3 is 1. The van der Waals surface area contributed by atoms with Crippen LogP contribution in [0.15, 0.2) is 54.6 Å². The Morgan fingerprint density at radius 1 is 1.22 bits per heavy atom. The third-order valence-electron chi connectivity index (χ3n) is 3.68. The van der Waals surface area contributed by atoms with Crippen LogP contribution in [0.25, 0.3) is 0 Å². The number of para-hydroxylation sites is 2. The Labute approximate surface area is 136 Å². The summed E-state index contributed by atoms with van der Waals surface area (Å²) in [6.07, 6.45) is 6.04. The fourth-order valence-electron chi connectivity index (χ4n) is 2.47. The van der Waals surface area contributed by atoms with E-state index in [1.807, 2.05) is 54.6 Å². The Balaban J connectivity index is 2.44. The van der Waals surface area contributed by atoms with Crippen LogP contribution in [0.1, 0.15) is 18.4 Å². The fourth-order valence-corrected chi connectivity index (χ4v) is 2.47. The molecule has 0 fully saturated rings. The first-order chi connectivity index (χ1) is 11.1. The monoisotopic (exact) mass is 309 g/mol. The van der Waals surface area contributed by atoms with Gasteiger partial charge in [0.1, 0.15) is 11.3 Å². The molecule has 2 rings (SSSR count). The Bertz CT molecular complexity index is 706. The lowest BCUT2D eigenvalue weighted by atomic mass is 9.85. The first kappa shape index (κ1) is 16.4. The van der Waals surface area contributed by atoms with Gasteiger partial charge in [-0.25, -0.2) is 0 Å². The van der Waals surface area contributed by atoms with E-state index in [2.05, 4.69) is 11.2 Å². The standard InChI is InChI=1S/C19H19NO3/c1-3-19(14-13-18(21)22,15-9-5-4-6-10-15)20-16-11-7-8-12-17(16)23-2/h1,4-12,20H,13-14H2,2H3,(H,21,22)/t19-/m0/s1. The van der Waals surface area contributed by atoms with Gasteiger partial charge in [-0.3, -0.25) is 4.79 Å². The number of ether oxygens (including phenoxy) is 1. The minimum absolute atomic E-state index is 0.0404. The van der Waals surface area contributed by atoms with Crippen LogP contribution >= 0.6 is 0 Å². The van der Waals surface area contributed by atoms with Gasteiger partial charge in [-0.05, 0) is 24.1 Å². The van der Waals surface area contributed by atoms with E-state index in [1.54, 1.807) is 7.11 Å². The average molecular weight is 309 g/mol. The van der Waals surface area contributed by atoms with Crippen molar-refractivity contribution in [2.45, 2.75) is 18.4 Å². The number of anilines is 1. The summed E-state index contributed by atoms with van der Waals surface area (Å²) in [6.45, 7) is 0. The van der Waals surface area contributed by atoms with Crippen LogP contribution < -0.4 is 10.1 Å². The van der Waals surface area contributed by atoms with E-state index >= 15 is 0 Å². The number of aliphatic carboxylic acids is 1. The number of hydrogen-bond acceptors (Lipinski definition) is 3. The maximum absolute atomic E-state index is 11.0. The summed E-state index contributed by atoms with van der Waals surface area (Å²) in [6, 6.07) is 16.9. The number of rotatable bonds is 7. The average Bonchev–Trinajstić information content (AvgIpc) is 2.59. The number of carbonyl (C=O) groups is 1. The van der Waals surface area contributed by atoms with E-state index in [-0.39, 0.29) is 12.8 Å². The van der Waals surface area contributed by atoms with Gasteiger partial charge in [0.15, 0.2) is 0 Å². The van der Waals surface area contributed by atoms with E-state index in [4.69, 9.17) is 16.3 Å². The van der Waals surface area contributed by atoms with Gasteiger partial charge in [0.2, 0.25) is 0 Å². The summed E-state index contributed by atoms with van der Waals surface area (Å²) in [7, 11) is 1.58. The number of hydrogen-bond donors (Lipinski definition) is 2. The first-order valence-corrected chi connectivity index (χ1v) is 7.27. The molecule has 0 saturated heterocycles. The first-order valence-electron chi connectivity index (χ1n) is 7.27. The lowest BCUT2D eigenvalue weighted by Crippen LogP contribution is -2.34. The molecule has 4 heteroatoms. The highest BCUT2D eigenvalue weighted by atomic mass is 16.5. The molecule has 0 bridgehead atoms. The largest absolute Gasteiger partial charge is 0.495 e. The van der Waals surface area contributed by atoms with Gasteiger partial charge < -0.3 is 15.2 Å². The highest BCUT2D eigenvalue weighted by molar-refractivity contribution is 5.68. The molecule has 0 aliphatic rings. The van der Waals surface area contributed by atoms with Crippen LogP contribution in [0.2, 0.25) is 0 Å². The highest BCUT2D eigenvalue weighted by Gasteiger charge is 2.31. The van der Waals surface area contributed by atoms with Gasteiger partial charge in [-0.15, -0.1) is 6.42 Å². The molecule has 2 N–H and O–H groups in total. The smallest absolute Gasteiger partial charge is 0.303 e. The van der Waals surface area contributed by atoms with Crippen molar-refractivity contribution in [3.63, 3.8) is 0 Å². The molecule has 0 spiro atoms. The minimum atomic E-state index is -0.922. The molecule has 0 amide bonds. The molecule has 2 aromatic carbocycles. The van der Waals surface area contributed by atoms with Crippen molar-refractivity contribution in [3.8, 4) is 18.1 Å². The lowest BCUT2D eigenvalue weighted by molar-refractivity contribution is -0.137. The molecule has 0 radical (unpaired) electrons. The molecular formula is C19H19NO3. The molecule has 1 atom stereocenters. The molecular weight excluding hydrogens is 290 g/mol. The maximum Gasteiger partial charge on any atom is 0.303 e. The second-order valence-corrected chi connectivity index (χ2v) is 5.13. The predicted molar refractivity (Wildman–Crippen MR) is 90.4 cm³/mol. The van der Waals surface area contributed by atoms with Crippen molar-refractivity contribution >= 4 is 11.7 Å². The molecule has 118 valence electrons. The number of nitrogens with one attached hydrogen (secondary N) is 1. The quantitative estimate of drug-likeness (QED) is 0.769. The minimum Gasteiger partial charge on any atom is -0.495 e. The van der Waals surface area contributed by atoms with Gasteiger partial charge in [0, 0.05) is 6.42 Å². The maximum atomic E-state index is 11.0. The highest BCUT2D eigenvalue weighted by Crippen LogP contribution is 2.34. The van der Waals surface area contributed by atoms with Crippen molar-refractivity contribution < 1.29 is 14.6 Å². The third-order valence-corrected chi connectivity index (χ3v) is 3.68. The van der Waals surface area contributed by atoms with Crippen LogP contribution in [0.4, 0.5) is 5.69 Å². The Hall–Kier alpha value is -2.93. The molecule has 0 unspecified atom stereocenters. The van der Waals surface area contributed by atoms with Gasteiger partial charge in [-0.2, -0.15) is 0 Å². The van der Waals surface area contributed by atoms with Crippen molar-refractivity contribution in [1.82, 2.24) is 0 Å². The van der Waals surface area contributed by atoms with E-state index < -0.39 is 11.5 Å². The van der Waals surface area contributed by atoms with Gasteiger partial charge in [-0.1, -0.05) is 48.4 Å². The second kappa shape index (κ2) is 7.37. The SMILES string of the molecule is C#C[C@@](CCC(=O)O)(Nc1ccccc1OC)c1ccccc1. The van der Waals surface area contributed by atoms with Crippen LogP contribution in [0.5, 0.6) is 5.75 Å². The Morgan fingerprint density at radius 3 is 2.48 bits per heavy atom. The van der Waals surface area contributed by atoms with Crippen LogP contribution in [-0.4, -0.2) is 18.2 Å². The zero-order valence-corrected chi connectivity index (χ0v) is 13.0. The molecule has 0 aromatic heterocycles. The second-order valence-electron chi connectivity index (χ2n) is 5.13. The van der Waals surface area contributed by atoms with Crippen molar-refractivity contribution in [1.29, 1.82) is 0 Å². The van der Waals surface area contributed by atoms with Crippen LogP contribution in [0.3, 0.4) is 0 Å². The van der Waals surface area contributed by atoms with Gasteiger partial charge >= 0.3 is 5.97 Å². The van der Waals surface area contributed by atoms with E-state index in [0.717, 1.165) is 11.3 Å². The summed E-state index contributed by atoms with van der Waals surface area (Å²) in [5, 5.41) is 12.4. The Kier molecular flexibility index (Phi) is 5.27. The van der Waals surface area contributed by atoms with Crippen molar-refractivity contribution in [3.05, 3.63) is 60.2 Å². The summed E-state index contributed by atoms with van der Waals surface area (Å²) in [5.41, 5.74) is 0.644. The molecule has 0 heterocycles. The summed E-state index contributed by atoms with van der Waals surface area (Å²) in [5.74, 6) is 2.52. The zero-order chi connectivity index (χ0) is 16.7. The van der Waals surface area contributed by atoms with Crippen molar-refractivity contribution in [2.24, 2.45) is 0 Å². The molecule has 0 aliphatic carbocycles. The topological polar surface area (TPSA) is 58.6 Å². The van der Waals surface area contributed by atoms with Gasteiger partial charge in [0.25, 0.3) is 0 Å².